The Labute approximate surface area is 121 Å². The molecular formula is C14H18N2O3S. The van der Waals surface area contributed by atoms with Crippen LogP contribution in [0.15, 0.2) is 34.4 Å². The molecule has 3 N–H and O–H groups in total. The van der Waals surface area contributed by atoms with E-state index < -0.39 is 6.10 Å². The molecule has 0 saturated carbocycles. The molecule has 0 fully saturated rings. The number of ether oxygens (including phenoxy) is 1. The molecule has 0 spiro atoms. The Balaban J connectivity index is 1.66. The molecule has 1 aromatic heterocycles. The van der Waals surface area contributed by atoms with Gasteiger partial charge in [0.1, 0.15) is 18.5 Å². The number of benzene rings is 1. The predicted molar refractivity (Wildman–Crippen MR) is 79.3 cm³/mol. The van der Waals surface area contributed by atoms with Gasteiger partial charge in [0.15, 0.2) is 0 Å². The summed E-state index contributed by atoms with van der Waals surface area (Å²) in [6.45, 7) is 3.18. The summed E-state index contributed by atoms with van der Waals surface area (Å²) in [6, 6.07) is 7.69. The highest BCUT2D eigenvalue weighted by Crippen LogP contribution is 2.11. The average molecular weight is 294 g/mol. The van der Waals surface area contributed by atoms with E-state index in [0.29, 0.717) is 13.1 Å². The van der Waals surface area contributed by atoms with E-state index in [1.54, 1.807) is 5.38 Å². The minimum atomic E-state index is -0.596. The van der Waals surface area contributed by atoms with Crippen LogP contribution in [-0.2, 0) is 6.54 Å². The van der Waals surface area contributed by atoms with Gasteiger partial charge in [-0.1, -0.05) is 29.0 Å². The molecule has 1 unspecified atom stereocenters. The lowest BCUT2D eigenvalue weighted by Crippen LogP contribution is -2.31. The van der Waals surface area contributed by atoms with Crippen molar-refractivity contribution >= 4 is 11.3 Å². The Hall–Kier alpha value is -1.63. The van der Waals surface area contributed by atoms with Crippen LogP contribution in [0.4, 0.5) is 0 Å². The van der Waals surface area contributed by atoms with Crippen LogP contribution in [0.25, 0.3) is 0 Å². The summed E-state index contributed by atoms with van der Waals surface area (Å²) < 4.78 is 5.48. The van der Waals surface area contributed by atoms with E-state index in [9.17, 15) is 9.90 Å². The first-order valence-corrected chi connectivity index (χ1v) is 7.26. The molecule has 20 heavy (non-hydrogen) atoms. The number of thiazole rings is 1. The number of H-pyrrole nitrogens is 1. The average Bonchev–Trinajstić information content (AvgIpc) is 2.84. The van der Waals surface area contributed by atoms with Crippen molar-refractivity contribution in [2.75, 3.05) is 13.2 Å². The SMILES string of the molecule is Cc1ccc(OCC(O)CNCc2csc(=O)[nH]2)cc1. The summed E-state index contributed by atoms with van der Waals surface area (Å²) in [5, 5.41) is 14.6. The highest BCUT2D eigenvalue weighted by Gasteiger charge is 2.05. The summed E-state index contributed by atoms with van der Waals surface area (Å²) in [6.07, 6.45) is -0.596. The van der Waals surface area contributed by atoms with Crippen LogP contribution in [0, 0.1) is 6.92 Å². The summed E-state index contributed by atoms with van der Waals surface area (Å²) in [4.78, 5) is 13.6. The van der Waals surface area contributed by atoms with Gasteiger partial charge in [-0.25, -0.2) is 0 Å². The van der Waals surface area contributed by atoms with Crippen molar-refractivity contribution in [3.63, 3.8) is 0 Å². The quantitative estimate of drug-likeness (QED) is 0.719. The molecule has 0 bridgehead atoms. The summed E-state index contributed by atoms with van der Waals surface area (Å²) in [5.41, 5.74) is 2.00. The zero-order chi connectivity index (χ0) is 14.4. The maximum Gasteiger partial charge on any atom is 0.304 e. The molecule has 1 heterocycles. The van der Waals surface area contributed by atoms with Gasteiger partial charge in [-0.2, -0.15) is 0 Å². The van der Waals surface area contributed by atoms with Crippen LogP contribution in [0.3, 0.4) is 0 Å². The third-order valence-corrected chi connectivity index (χ3v) is 3.45. The van der Waals surface area contributed by atoms with Crippen LogP contribution < -0.4 is 14.9 Å². The number of aromatic amines is 1. The lowest BCUT2D eigenvalue weighted by molar-refractivity contribution is 0.106. The molecule has 0 saturated heterocycles. The van der Waals surface area contributed by atoms with Crippen molar-refractivity contribution < 1.29 is 9.84 Å². The second kappa shape index (κ2) is 7.23. The van der Waals surface area contributed by atoms with E-state index in [4.69, 9.17) is 4.74 Å². The topological polar surface area (TPSA) is 74.3 Å². The van der Waals surface area contributed by atoms with E-state index in [1.807, 2.05) is 31.2 Å². The molecular weight excluding hydrogens is 276 g/mol. The molecule has 0 aliphatic heterocycles. The van der Waals surface area contributed by atoms with Gasteiger partial charge in [0.25, 0.3) is 0 Å². The molecule has 2 aromatic rings. The number of aromatic nitrogens is 1. The molecule has 1 aromatic carbocycles. The van der Waals surface area contributed by atoms with Crippen molar-refractivity contribution in [1.29, 1.82) is 0 Å². The maximum atomic E-state index is 10.9. The number of nitrogens with one attached hydrogen (secondary N) is 2. The van der Waals surface area contributed by atoms with E-state index in [1.165, 1.54) is 5.56 Å². The molecule has 0 radical (unpaired) electrons. The Bertz CT molecular complexity index is 577. The molecule has 0 aliphatic rings. The third kappa shape index (κ3) is 4.80. The zero-order valence-corrected chi connectivity index (χ0v) is 12.1. The lowest BCUT2D eigenvalue weighted by Gasteiger charge is -2.13. The highest BCUT2D eigenvalue weighted by molar-refractivity contribution is 7.07. The second-order valence-corrected chi connectivity index (χ2v) is 5.42. The fourth-order valence-corrected chi connectivity index (χ4v) is 2.24. The molecule has 0 amide bonds. The van der Waals surface area contributed by atoms with Crippen molar-refractivity contribution in [1.82, 2.24) is 10.3 Å². The molecule has 108 valence electrons. The van der Waals surface area contributed by atoms with Gasteiger partial charge in [-0.05, 0) is 19.1 Å². The number of aliphatic hydroxyl groups excluding tert-OH is 1. The van der Waals surface area contributed by atoms with Gasteiger partial charge < -0.3 is 20.1 Å². The smallest absolute Gasteiger partial charge is 0.304 e. The molecule has 6 heteroatoms. The van der Waals surface area contributed by atoms with Crippen molar-refractivity contribution in [2.24, 2.45) is 0 Å². The van der Waals surface area contributed by atoms with Crippen LogP contribution in [0.1, 0.15) is 11.3 Å². The standard InChI is InChI=1S/C14H18N2O3S/c1-10-2-4-13(5-3-10)19-8-12(17)7-15-6-11-9-20-14(18)16-11/h2-5,9,12,15,17H,6-8H2,1H3,(H,16,18). The van der Waals surface area contributed by atoms with Crippen LogP contribution in [0.5, 0.6) is 5.75 Å². The molecule has 0 aliphatic carbocycles. The number of aryl methyl sites for hydroxylation is 1. The maximum absolute atomic E-state index is 10.9. The minimum absolute atomic E-state index is 0.0648. The largest absolute Gasteiger partial charge is 0.491 e. The van der Waals surface area contributed by atoms with Crippen molar-refractivity contribution in [2.45, 2.75) is 19.6 Å². The molecule has 2 rings (SSSR count). The predicted octanol–water partition coefficient (Wildman–Crippen LogP) is 1.27. The first kappa shape index (κ1) is 14.8. The van der Waals surface area contributed by atoms with Crippen LogP contribution in [0.2, 0.25) is 0 Å². The number of hydrogen-bond acceptors (Lipinski definition) is 5. The van der Waals surface area contributed by atoms with Gasteiger partial charge >= 0.3 is 4.87 Å². The fourth-order valence-electron chi connectivity index (χ4n) is 1.66. The van der Waals surface area contributed by atoms with Gasteiger partial charge in [0.05, 0.1) is 0 Å². The monoisotopic (exact) mass is 294 g/mol. The van der Waals surface area contributed by atoms with Gasteiger partial charge in [0, 0.05) is 24.2 Å². The molecule has 5 nitrogen and oxygen atoms in total. The number of aliphatic hydroxyl groups is 1. The normalized spacial score (nSPS) is 12.3. The Kier molecular flexibility index (Phi) is 5.34. The summed E-state index contributed by atoms with van der Waals surface area (Å²) in [7, 11) is 0. The third-order valence-electron chi connectivity index (χ3n) is 2.73. The van der Waals surface area contributed by atoms with E-state index in [-0.39, 0.29) is 11.5 Å². The zero-order valence-electron chi connectivity index (χ0n) is 11.3. The summed E-state index contributed by atoms with van der Waals surface area (Å²) >= 11 is 1.13. The number of hydrogen-bond donors (Lipinski definition) is 3. The van der Waals surface area contributed by atoms with Gasteiger partial charge in [-0.15, -0.1) is 0 Å². The first-order valence-electron chi connectivity index (χ1n) is 6.38. The Morgan fingerprint density at radius 1 is 1.40 bits per heavy atom. The van der Waals surface area contributed by atoms with Crippen LogP contribution >= 0.6 is 11.3 Å². The Morgan fingerprint density at radius 3 is 2.80 bits per heavy atom. The van der Waals surface area contributed by atoms with E-state index in [0.717, 1.165) is 22.8 Å². The second-order valence-electron chi connectivity index (χ2n) is 4.58. The first-order chi connectivity index (χ1) is 9.63. The fraction of sp³-hybridized carbons (Fsp3) is 0.357. The van der Waals surface area contributed by atoms with Crippen molar-refractivity contribution in [3.8, 4) is 5.75 Å². The van der Waals surface area contributed by atoms with E-state index in [2.05, 4.69) is 10.3 Å². The van der Waals surface area contributed by atoms with Gasteiger partial charge in [-0.3, -0.25) is 4.79 Å². The summed E-state index contributed by atoms with van der Waals surface area (Å²) in [5.74, 6) is 0.747. The molecule has 1 atom stereocenters. The van der Waals surface area contributed by atoms with Gasteiger partial charge in [0.2, 0.25) is 0 Å². The highest BCUT2D eigenvalue weighted by atomic mass is 32.1. The van der Waals surface area contributed by atoms with Crippen LogP contribution in [-0.4, -0.2) is 29.3 Å². The minimum Gasteiger partial charge on any atom is -0.491 e. The Morgan fingerprint density at radius 2 is 2.15 bits per heavy atom. The van der Waals surface area contributed by atoms with Crippen molar-refractivity contribution in [3.05, 3.63) is 50.6 Å². The van der Waals surface area contributed by atoms with E-state index >= 15 is 0 Å². The number of rotatable bonds is 7. The lowest BCUT2D eigenvalue weighted by atomic mass is 10.2.